The highest BCUT2D eigenvalue weighted by molar-refractivity contribution is 7.80. The van der Waals surface area contributed by atoms with Gasteiger partial charge in [0.05, 0.1) is 12.8 Å². The molecule has 0 saturated carbocycles. The van der Waals surface area contributed by atoms with E-state index < -0.39 is 0 Å². The zero-order valence-electron chi connectivity index (χ0n) is 11.5. The highest BCUT2D eigenvalue weighted by Gasteiger charge is 2.05. The number of methoxy groups -OCH3 is 1. The Kier molecular flexibility index (Phi) is 6.91. The second kappa shape index (κ2) is 8.19. The van der Waals surface area contributed by atoms with Crippen LogP contribution < -0.4 is 15.4 Å². The van der Waals surface area contributed by atoms with Crippen LogP contribution in [0.3, 0.4) is 0 Å². The van der Waals surface area contributed by atoms with E-state index in [0.29, 0.717) is 15.9 Å². The van der Waals surface area contributed by atoms with Crippen LogP contribution >= 0.6 is 23.8 Å². The molecule has 0 unspecified atom stereocenters. The zero-order valence-corrected chi connectivity index (χ0v) is 13.1. The van der Waals surface area contributed by atoms with Crippen molar-refractivity contribution in [1.29, 1.82) is 0 Å². The molecule has 0 aromatic heterocycles. The smallest absolute Gasteiger partial charge is 0.170 e. The predicted octanol–water partition coefficient (Wildman–Crippen LogP) is 2.59. The average Bonchev–Trinajstić information content (AvgIpc) is 2.35. The molecule has 0 spiro atoms. The van der Waals surface area contributed by atoms with Crippen molar-refractivity contribution in [2.45, 2.75) is 6.42 Å². The van der Waals surface area contributed by atoms with Gasteiger partial charge in [0.15, 0.2) is 5.11 Å². The van der Waals surface area contributed by atoms with Crippen molar-refractivity contribution in [2.75, 3.05) is 39.6 Å². The van der Waals surface area contributed by atoms with Crippen LogP contribution in [0.15, 0.2) is 18.2 Å². The van der Waals surface area contributed by atoms with Gasteiger partial charge in [0.25, 0.3) is 0 Å². The molecule has 0 aliphatic heterocycles. The molecule has 0 aliphatic rings. The molecule has 0 aliphatic carbocycles. The molecule has 0 heterocycles. The molecule has 0 radical (unpaired) electrons. The van der Waals surface area contributed by atoms with E-state index in [2.05, 4.69) is 15.5 Å². The van der Waals surface area contributed by atoms with Crippen molar-refractivity contribution >= 4 is 34.6 Å². The summed E-state index contributed by atoms with van der Waals surface area (Å²) in [6.07, 6.45) is 1.03. The van der Waals surface area contributed by atoms with E-state index >= 15 is 0 Å². The van der Waals surface area contributed by atoms with Gasteiger partial charge in [-0.2, -0.15) is 0 Å². The van der Waals surface area contributed by atoms with Gasteiger partial charge in [-0.3, -0.25) is 0 Å². The SMILES string of the molecule is COc1ccc(Cl)cc1NC(=S)NCCCN(C)C. The molecule has 1 aromatic carbocycles. The van der Waals surface area contributed by atoms with Crippen LogP contribution in [0.4, 0.5) is 5.69 Å². The van der Waals surface area contributed by atoms with E-state index in [1.165, 1.54) is 0 Å². The third-order valence-electron chi connectivity index (χ3n) is 2.48. The normalized spacial score (nSPS) is 10.4. The Morgan fingerprint density at radius 3 is 2.79 bits per heavy atom. The number of rotatable bonds is 6. The van der Waals surface area contributed by atoms with Crippen molar-refractivity contribution in [3.8, 4) is 5.75 Å². The monoisotopic (exact) mass is 301 g/mol. The van der Waals surface area contributed by atoms with Gasteiger partial charge in [0, 0.05) is 11.6 Å². The second-order valence-electron chi connectivity index (χ2n) is 4.38. The van der Waals surface area contributed by atoms with Crippen molar-refractivity contribution in [1.82, 2.24) is 10.2 Å². The van der Waals surface area contributed by atoms with Gasteiger partial charge in [-0.15, -0.1) is 0 Å². The lowest BCUT2D eigenvalue weighted by molar-refractivity contribution is 0.400. The van der Waals surface area contributed by atoms with Gasteiger partial charge in [-0.05, 0) is 57.5 Å². The van der Waals surface area contributed by atoms with Crippen molar-refractivity contribution in [3.63, 3.8) is 0 Å². The Hall–Kier alpha value is -1.04. The van der Waals surface area contributed by atoms with Crippen molar-refractivity contribution in [2.24, 2.45) is 0 Å². The second-order valence-corrected chi connectivity index (χ2v) is 5.23. The van der Waals surface area contributed by atoms with Gasteiger partial charge in [0.1, 0.15) is 5.75 Å². The Morgan fingerprint density at radius 2 is 2.16 bits per heavy atom. The largest absolute Gasteiger partial charge is 0.495 e. The molecule has 0 fully saturated rings. The number of halogens is 1. The minimum atomic E-state index is 0.569. The van der Waals surface area contributed by atoms with Gasteiger partial charge < -0.3 is 20.3 Å². The van der Waals surface area contributed by atoms with Crippen LogP contribution in [0.2, 0.25) is 5.02 Å². The van der Waals surface area contributed by atoms with Crippen LogP contribution in [0, 0.1) is 0 Å². The summed E-state index contributed by atoms with van der Waals surface area (Å²) in [5.41, 5.74) is 0.764. The maximum atomic E-state index is 5.95. The highest BCUT2D eigenvalue weighted by atomic mass is 35.5. The fraction of sp³-hybridized carbons (Fsp3) is 0.462. The van der Waals surface area contributed by atoms with Crippen LogP contribution in [0.5, 0.6) is 5.75 Å². The van der Waals surface area contributed by atoms with Crippen LogP contribution in [-0.2, 0) is 0 Å². The lowest BCUT2D eigenvalue weighted by Crippen LogP contribution is -2.31. The maximum absolute atomic E-state index is 5.95. The number of nitrogens with one attached hydrogen (secondary N) is 2. The number of thiocarbonyl (C=S) groups is 1. The number of nitrogens with zero attached hydrogens (tertiary/aromatic N) is 1. The molecule has 2 N–H and O–H groups in total. The summed E-state index contributed by atoms with van der Waals surface area (Å²) in [6, 6.07) is 5.37. The molecule has 0 bridgehead atoms. The summed E-state index contributed by atoms with van der Waals surface area (Å²) in [5.74, 6) is 0.710. The minimum Gasteiger partial charge on any atom is -0.495 e. The fourth-order valence-electron chi connectivity index (χ4n) is 1.54. The van der Waals surface area contributed by atoms with Gasteiger partial charge in [-0.25, -0.2) is 0 Å². The van der Waals surface area contributed by atoms with E-state index in [-0.39, 0.29) is 0 Å². The Bertz CT molecular complexity index is 426. The predicted molar refractivity (Wildman–Crippen MR) is 85.4 cm³/mol. The van der Waals surface area contributed by atoms with Crippen molar-refractivity contribution in [3.05, 3.63) is 23.2 Å². The molecule has 6 heteroatoms. The molecule has 1 aromatic rings. The Morgan fingerprint density at radius 1 is 1.42 bits per heavy atom. The summed E-state index contributed by atoms with van der Waals surface area (Å²) < 4.78 is 5.24. The molecule has 0 atom stereocenters. The first-order chi connectivity index (χ1) is 9.02. The zero-order chi connectivity index (χ0) is 14.3. The first kappa shape index (κ1) is 16.0. The third-order valence-corrected chi connectivity index (χ3v) is 2.96. The highest BCUT2D eigenvalue weighted by Crippen LogP contribution is 2.27. The first-order valence-electron chi connectivity index (χ1n) is 6.06. The van der Waals surface area contributed by atoms with Crippen LogP contribution in [0.1, 0.15) is 6.42 Å². The number of ether oxygens (including phenoxy) is 1. The van der Waals surface area contributed by atoms with E-state index in [9.17, 15) is 0 Å². The van der Waals surface area contributed by atoms with Gasteiger partial charge >= 0.3 is 0 Å². The standard InChI is InChI=1S/C13H20ClN3OS/c1-17(2)8-4-7-15-13(19)16-11-9-10(14)5-6-12(11)18-3/h5-6,9H,4,7-8H2,1-3H3,(H2,15,16,19). The topological polar surface area (TPSA) is 36.5 Å². The summed E-state index contributed by atoms with van der Waals surface area (Å²) in [6.45, 7) is 1.85. The molecular weight excluding hydrogens is 282 g/mol. The number of hydrogen-bond acceptors (Lipinski definition) is 3. The summed E-state index contributed by atoms with van der Waals surface area (Å²) in [7, 11) is 5.71. The van der Waals surface area contributed by atoms with E-state index in [1.807, 2.05) is 14.1 Å². The van der Waals surface area contributed by atoms with E-state index in [1.54, 1.807) is 25.3 Å². The quantitative estimate of drug-likeness (QED) is 0.624. The lowest BCUT2D eigenvalue weighted by Gasteiger charge is -2.14. The summed E-state index contributed by atoms with van der Waals surface area (Å²) in [5, 5.41) is 7.45. The first-order valence-corrected chi connectivity index (χ1v) is 6.84. The molecule has 19 heavy (non-hydrogen) atoms. The van der Waals surface area contributed by atoms with Gasteiger partial charge in [-0.1, -0.05) is 11.6 Å². The molecular formula is C13H20ClN3OS. The van der Waals surface area contributed by atoms with E-state index in [0.717, 1.165) is 25.2 Å². The molecule has 0 saturated heterocycles. The van der Waals surface area contributed by atoms with Crippen LogP contribution in [0.25, 0.3) is 0 Å². The lowest BCUT2D eigenvalue weighted by atomic mass is 10.3. The summed E-state index contributed by atoms with van der Waals surface area (Å²) in [4.78, 5) is 2.14. The molecule has 4 nitrogen and oxygen atoms in total. The van der Waals surface area contributed by atoms with Crippen molar-refractivity contribution < 1.29 is 4.74 Å². The average molecular weight is 302 g/mol. The van der Waals surface area contributed by atoms with E-state index in [4.69, 9.17) is 28.6 Å². The minimum absolute atomic E-state index is 0.569. The molecule has 106 valence electrons. The summed E-state index contributed by atoms with van der Waals surface area (Å²) >= 11 is 11.2. The third kappa shape index (κ3) is 6.09. The fourth-order valence-corrected chi connectivity index (χ4v) is 1.93. The Labute approximate surface area is 125 Å². The maximum Gasteiger partial charge on any atom is 0.170 e. The van der Waals surface area contributed by atoms with Crippen LogP contribution in [-0.4, -0.2) is 44.3 Å². The van der Waals surface area contributed by atoms with Gasteiger partial charge in [0.2, 0.25) is 0 Å². The number of benzene rings is 1. The molecule has 1 rings (SSSR count). The number of hydrogen-bond donors (Lipinski definition) is 2. The Balaban J connectivity index is 2.45. The molecule has 0 amide bonds. The number of anilines is 1.